The van der Waals surface area contributed by atoms with Crippen LogP contribution in [0.15, 0.2) is 79.0 Å². The van der Waals surface area contributed by atoms with Crippen molar-refractivity contribution >= 4 is 23.3 Å². The van der Waals surface area contributed by atoms with Crippen LogP contribution in [-0.2, 0) is 13.2 Å². The van der Waals surface area contributed by atoms with Crippen molar-refractivity contribution in [2.24, 2.45) is 0 Å². The number of hydrogen-bond acceptors (Lipinski definition) is 3. The van der Waals surface area contributed by atoms with E-state index in [9.17, 15) is 9.18 Å². The van der Waals surface area contributed by atoms with Crippen LogP contribution >= 0.6 is 11.6 Å². The molecule has 4 aromatic rings. The van der Waals surface area contributed by atoms with Gasteiger partial charge in [-0.3, -0.25) is 9.48 Å². The predicted molar refractivity (Wildman–Crippen MR) is 132 cm³/mol. The fourth-order valence-corrected chi connectivity index (χ4v) is 3.66. The molecule has 0 aliphatic carbocycles. The minimum atomic E-state index is -0.346. The Hall–Kier alpha value is -3.64. The van der Waals surface area contributed by atoms with Crippen molar-refractivity contribution in [2.45, 2.75) is 32.9 Å². The first-order valence-corrected chi connectivity index (χ1v) is 11.4. The Morgan fingerprint density at radius 2 is 1.85 bits per heavy atom. The van der Waals surface area contributed by atoms with Crippen LogP contribution in [0.3, 0.4) is 0 Å². The number of anilines is 1. The van der Waals surface area contributed by atoms with Crippen LogP contribution in [-0.4, -0.2) is 15.7 Å². The molecule has 0 atom stereocenters. The van der Waals surface area contributed by atoms with Crippen molar-refractivity contribution in [2.75, 3.05) is 5.32 Å². The van der Waals surface area contributed by atoms with E-state index >= 15 is 0 Å². The standard InChI is InChI=1S/C27H25ClFN3O2/c1-18(2)20-10-12-23(13-11-20)34-17-19-6-5-8-21(14-19)27(33)30-26-24(28)16-32(31-26)15-22-7-3-4-9-25(22)29/h3-14,16,18H,15,17H2,1-2H3,(H,30,31,33). The molecule has 1 N–H and O–H groups in total. The van der Waals surface area contributed by atoms with Gasteiger partial charge < -0.3 is 10.1 Å². The smallest absolute Gasteiger partial charge is 0.256 e. The number of rotatable bonds is 8. The fraction of sp³-hybridized carbons (Fsp3) is 0.185. The van der Waals surface area contributed by atoms with E-state index in [1.807, 2.05) is 18.2 Å². The van der Waals surface area contributed by atoms with Crippen LogP contribution in [0, 0.1) is 5.82 Å². The molecule has 0 aliphatic rings. The van der Waals surface area contributed by atoms with Crippen LogP contribution < -0.4 is 10.1 Å². The lowest BCUT2D eigenvalue weighted by Gasteiger charge is -2.10. The molecule has 34 heavy (non-hydrogen) atoms. The van der Waals surface area contributed by atoms with Crippen molar-refractivity contribution in [1.29, 1.82) is 0 Å². The molecule has 7 heteroatoms. The summed E-state index contributed by atoms with van der Waals surface area (Å²) in [7, 11) is 0. The maximum atomic E-state index is 13.9. The van der Waals surface area contributed by atoms with Gasteiger partial charge in [0.1, 0.15) is 23.2 Å². The Balaban J connectivity index is 1.39. The third kappa shape index (κ3) is 5.83. The molecule has 0 unspecified atom stereocenters. The van der Waals surface area contributed by atoms with Crippen LogP contribution in [0.25, 0.3) is 0 Å². The number of nitrogens with one attached hydrogen (secondary N) is 1. The van der Waals surface area contributed by atoms with Crippen LogP contribution in [0.5, 0.6) is 5.75 Å². The molecule has 4 rings (SSSR count). The molecular weight excluding hydrogens is 453 g/mol. The number of nitrogens with zero attached hydrogens (tertiary/aromatic N) is 2. The molecule has 5 nitrogen and oxygen atoms in total. The van der Waals surface area contributed by atoms with Gasteiger partial charge in [-0.1, -0.05) is 67.9 Å². The van der Waals surface area contributed by atoms with Crippen LogP contribution in [0.1, 0.15) is 46.8 Å². The first-order valence-electron chi connectivity index (χ1n) is 11.0. The lowest BCUT2D eigenvalue weighted by molar-refractivity contribution is 0.102. The van der Waals surface area contributed by atoms with Gasteiger partial charge in [0.25, 0.3) is 5.91 Å². The number of carbonyl (C=O) groups is 1. The van der Waals surface area contributed by atoms with Crippen molar-refractivity contribution < 1.29 is 13.9 Å². The van der Waals surface area contributed by atoms with Gasteiger partial charge in [-0.25, -0.2) is 4.39 Å². The van der Waals surface area contributed by atoms with Gasteiger partial charge in [0.2, 0.25) is 0 Å². The molecule has 3 aromatic carbocycles. The van der Waals surface area contributed by atoms with Crippen LogP contribution in [0.4, 0.5) is 10.2 Å². The topological polar surface area (TPSA) is 56.1 Å². The summed E-state index contributed by atoms with van der Waals surface area (Å²) in [5, 5.41) is 7.29. The molecule has 1 amide bonds. The zero-order valence-electron chi connectivity index (χ0n) is 19.0. The molecule has 0 saturated carbocycles. The van der Waals surface area contributed by atoms with E-state index in [2.05, 4.69) is 36.4 Å². The highest BCUT2D eigenvalue weighted by molar-refractivity contribution is 6.33. The van der Waals surface area contributed by atoms with E-state index in [1.165, 1.54) is 16.3 Å². The number of ether oxygens (including phenoxy) is 1. The van der Waals surface area contributed by atoms with Gasteiger partial charge in [-0.15, -0.1) is 0 Å². The Morgan fingerprint density at radius 1 is 1.09 bits per heavy atom. The zero-order valence-corrected chi connectivity index (χ0v) is 19.7. The quantitative estimate of drug-likeness (QED) is 0.308. The van der Waals surface area contributed by atoms with Gasteiger partial charge in [-0.2, -0.15) is 5.10 Å². The highest BCUT2D eigenvalue weighted by atomic mass is 35.5. The highest BCUT2D eigenvalue weighted by Crippen LogP contribution is 2.22. The predicted octanol–water partition coefficient (Wildman–Crippen LogP) is 6.68. The molecule has 0 spiro atoms. The summed E-state index contributed by atoms with van der Waals surface area (Å²) in [5.74, 6) is 0.778. The molecule has 0 fully saturated rings. The van der Waals surface area contributed by atoms with E-state index in [0.29, 0.717) is 23.7 Å². The Morgan fingerprint density at radius 3 is 2.59 bits per heavy atom. The van der Waals surface area contributed by atoms with Gasteiger partial charge in [0, 0.05) is 17.3 Å². The first-order chi connectivity index (χ1) is 16.4. The second-order valence-corrected chi connectivity index (χ2v) is 8.69. The van der Waals surface area contributed by atoms with Gasteiger partial charge in [-0.05, 0) is 47.4 Å². The van der Waals surface area contributed by atoms with Gasteiger partial charge in [0.15, 0.2) is 5.82 Å². The lowest BCUT2D eigenvalue weighted by atomic mass is 10.0. The third-order valence-corrected chi connectivity index (χ3v) is 5.66. The maximum Gasteiger partial charge on any atom is 0.256 e. The number of hydrogen-bond donors (Lipinski definition) is 1. The normalized spacial score (nSPS) is 11.0. The Bertz CT molecular complexity index is 1290. The summed E-state index contributed by atoms with van der Waals surface area (Å²) in [5.41, 5.74) is 3.04. The van der Waals surface area contributed by atoms with E-state index in [4.69, 9.17) is 16.3 Å². The zero-order chi connectivity index (χ0) is 24.1. The van der Waals surface area contributed by atoms with E-state index < -0.39 is 0 Å². The average Bonchev–Trinajstić information content (AvgIpc) is 3.18. The summed E-state index contributed by atoms with van der Waals surface area (Å²) < 4.78 is 21.3. The number of halogens is 2. The molecule has 1 aromatic heterocycles. The molecule has 174 valence electrons. The van der Waals surface area contributed by atoms with Crippen molar-refractivity contribution in [3.63, 3.8) is 0 Å². The molecule has 1 heterocycles. The number of aromatic nitrogens is 2. The summed E-state index contributed by atoms with van der Waals surface area (Å²) >= 11 is 6.25. The molecule has 0 bridgehead atoms. The van der Waals surface area contributed by atoms with Crippen molar-refractivity contribution in [3.05, 3.63) is 112 Å². The summed E-state index contributed by atoms with van der Waals surface area (Å²) in [6, 6.07) is 21.6. The van der Waals surface area contributed by atoms with Gasteiger partial charge >= 0.3 is 0 Å². The molecule has 0 aliphatic heterocycles. The molecule has 0 radical (unpaired) electrons. The van der Waals surface area contributed by atoms with E-state index in [-0.39, 0.29) is 29.1 Å². The fourth-order valence-electron chi connectivity index (χ4n) is 3.46. The minimum Gasteiger partial charge on any atom is -0.489 e. The number of carbonyl (C=O) groups excluding carboxylic acids is 1. The van der Waals surface area contributed by atoms with Crippen molar-refractivity contribution in [3.8, 4) is 5.75 Å². The molecule has 0 saturated heterocycles. The summed E-state index contributed by atoms with van der Waals surface area (Å²) in [4.78, 5) is 12.8. The van der Waals surface area contributed by atoms with Crippen molar-refractivity contribution in [1.82, 2.24) is 9.78 Å². The SMILES string of the molecule is CC(C)c1ccc(OCc2cccc(C(=O)Nc3nn(Cc4ccccc4F)cc3Cl)c2)cc1. The largest absolute Gasteiger partial charge is 0.489 e. The first kappa shape index (κ1) is 23.5. The Kier molecular flexibility index (Phi) is 7.28. The Labute approximate surface area is 203 Å². The monoisotopic (exact) mass is 477 g/mol. The minimum absolute atomic E-state index is 0.202. The number of amides is 1. The average molecular weight is 478 g/mol. The maximum absolute atomic E-state index is 13.9. The second-order valence-electron chi connectivity index (χ2n) is 8.28. The summed E-state index contributed by atoms with van der Waals surface area (Å²) in [6.45, 7) is 4.83. The number of benzene rings is 3. The highest BCUT2D eigenvalue weighted by Gasteiger charge is 2.14. The van der Waals surface area contributed by atoms with E-state index in [0.717, 1.165) is 11.3 Å². The molecular formula is C27H25ClFN3O2. The van der Waals surface area contributed by atoms with Crippen LogP contribution in [0.2, 0.25) is 5.02 Å². The summed E-state index contributed by atoms with van der Waals surface area (Å²) in [6.07, 6.45) is 1.55. The lowest BCUT2D eigenvalue weighted by Crippen LogP contribution is -2.13. The van der Waals surface area contributed by atoms with E-state index in [1.54, 1.807) is 42.6 Å². The third-order valence-electron chi connectivity index (χ3n) is 5.38. The van der Waals surface area contributed by atoms with Gasteiger partial charge in [0.05, 0.1) is 6.54 Å². The second kappa shape index (κ2) is 10.5.